The van der Waals surface area contributed by atoms with Gasteiger partial charge in [-0.25, -0.2) is 0 Å². The standard InChI is InChI=1S/C82H157NO5/c1-3-5-7-9-11-13-15-16-17-18-19-39-42-45-48-51-55-58-62-66-70-74-80(85)79(78-84)83-81(86)75-71-67-63-59-56-52-49-46-43-40-37-35-33-31-29-27-25-23-21-20-22-24-26-28-30-32-34-36-38-41-44-47-50-53-57-61-65-69-73-77-88-82(87)76-72-68-64-60-54-14-12-10-8-6-4-2/h10,12,20-21,70,74,79-80,84-85H,3-9,11,13-19,22-69,71-73,75-78H2,1-2H3,(H,83,86)/b12-10-,21-20-,74-70+. The number of aliphatic hydroxyl groups excluding tert-OH is 2. The van der Waals surface area contributed by atoms with E-state index in [0.29, 0.717) is 19.4 Å². The summed E-state index contributed by atoms with van der Waals surface area (Å²) in [5.41, 5.74) is 0. The Morgan fingerprint density at radius 2 is 0.545 bits per heavy atom. The highest BCUT2D eigenvalue weighted by atomic mass is 16.5. The molecule has 0 heterocycles. The van der Waals surface area contributed by atoms with Gasteiger partial charge in [-0.2, -0.15) is 0 Å². The van der Waals surface area contributed by atoms with Crippen LogP contribution in [0.1, 0.15) is 450 Å². The van der Waals surface area contributed by atoms with Gasteiger partial charge in [-0.3, -0.25) is 9.59 Å². The highest BCUT2D eigenvalue weighted by Crippen LogP contribution is 2.20. The van der Waals surface area contributed by atoms with Crippen molar-refractivity contribution in [3.63, 3.8) is 0 Å². The Morgan fingerprint density at radius 1 is 0.307 bits per heavy atom. The second-order valence-corrected chi connectivity index (χ2v) is 27.7. The summed E-state index contributed by atoms with van der Waals surface area (Å²) in [6.45, 7) is 4.91. The molecular formula is C82H157NO5. The molecule has 520 valence electrons. The maximum Gasteiger partial charge on any atom is 0.305 e. The van der Waals surface area contributed by atoms with Crippen LogP contribution in [0.25, 0.3) is 0 Å². The minimum Gasteiger partial charge on any atom is -0.466 e. The zero-order valence-electron chi connectivity index (χ0n) is 59.7. The molecule has 0 aromatic heterocycles. The van der Waals surface area contributed by atoms with E-state index in [9.17, 15) is 19.8 Å². The van der Waals surface area contributed by atoms with Crippen molar-refractivity contribution in [1.29, 1.82) is 0 Å². The maximum atomic E-state index is 12.5. The zero-order valence-corrected chi connectivity index (χ0v) is 59.7. The minimum absolute atomic E-state index is 0.0116. The number of rotatable bonds is 76. The van der Waals surface area contributed by atoms with Crippen LogP contribution in [0.15, 0.2) is 36.5 Å². The molecule has 6 nitrogen and oxygen atoms in total. The van der Waals surface area contributed by atoms with Gasteiger partial charge in [0.2, 0.25) is 5.91 Å². The van der Waals surface area contributed by atoms with Crippen molar-refractivity contribution in [2.24, 2.45) is 0 Å². The van der Waals surface area contributed by atoms with Crippen LogP contribution in [0.4, 0.5) is 0 Å². The smallest absolute Gasteiger partial charge is 0.305 e. The molecule has 0 rings (SSSR count). The lowest BCUT2D eigenvalue weighted by Crippen LogP contribution is -2.45. The van der Waals surface area contributed by atoms with Crippen molar-refractivity contribution in [2.45, 2.75) is 463 Å². The molecule has 0 saturated heterocycles. The van der Waals surface area contributed by atoms with E-state index < -0.39 is 12.1 Å². The van der Waals surface area contributed by atoms with E-state index in [1.807, 2.05) is 6.08 Å². The van der Waals surface area contributed by atoms with E-state index in [2.05, 4.69) is 43.5 Å². The van der Waals surface area contributed by atoms with Crippen LogP contribution < -0.4 is 5.32 Å². The zero-order chi connectivity index (χ0) is 63.5. The summed E-state index contributed by atoms with van der Waals surface area (Å²) in [7, 11) is 0. The molecule has 0 bridgehead atoms. The van der Waals surface area contributed by atoms with Crippen molar-refractivity contribution in [3.05, 3.63) is 36.5 Å². The average molecular weight is 1240 g/mol. The van der Waals surface area contributed by atoms with Gasteiger partial charge in [-0.15, -0.1) is 0 Å². The molecule has 3 N–H and O–H groups in total. The van der Waals surface area contributed by atoms with Crippen LogP contribution in [-0.4, -0.2) is 47.4 Å². The first-order valence-corrected chi connectivity index (χ1v) is 40.3. The molecule has 0 aliphatic carbocycles. The van der Waals surface area contributed by atoms with Gasteiger partial charge in [-0.1, -0.05) is 397 Å². The molecule has 1 amide bonds. The van der Waals surface area contributed by atoms with E-state index >= 15 is 0 Å². The molecule has 6 heteroatoms. The number of unbranched alkanes of at least 4 members (excludes halogenated alkanes) is 61. The molecule has 88 heavy (non-hydrogen) atoms. The van der Waals surface area contributed by atoms with Gasteiger partial charge in [-0.05, 0) is 77.0 Å². The van der Waals surface area contributed by atoms with Gasteiger partial charge in [0.05, 0.1) is 25.4 Å². The molecule has 0 radical (unpaired) electrons. The van der Waals surface area contributed by atoms with E-state index in [-0.39, 0.29) is 18.5 Å². The number of allylic oxidation sites excluding steroid dienone is 5. The minimum atomic E-state index is -0.843. The number of amides is 1. The molecule has 0 fully saturated rings. The van der Waals surface area contributed by atoms with E-state index in [1.54, 1.807) is 6.08 Å². The first kappa shape index (κ1) is 86.1. The average Bonchev–Trinajstić information content (AvgIpc) is 3.55. The summed E-state index contributed by atoms with van der Waals surface area (Å²) in [4.78, 5) is 24.6. The van der Waals surface area contributed by atoms with Crippen LogP contribution in [0.2, 0.25) is 0 Å². The Labute approximate surface area is 551 Å². The number of hydrogen-bond acceptors (Lipinski definition) is 5. The van der Waals surface area contributed by atoms with Gasteiger partial charge in [0.25, 0.3) is 0 Å². The third-order valence-electron chi connectivity index (χ3n) is 18.9. The molecule has 0 aromatic carbocycles. The number of carbonyl (C=O) groups is 2. The second kappa shape index (κ2) is 77.5. The summed E-state index contributed by atoms with van der Waals surface area (Å²) in [5.74, 6) is -0.0474. The summed E-state index contributed by atoms with van der Waals surface area (Å²) in [6, 6.07) is -0.626. The SMILES string of the molecule is CCCC/C=C\CCCCCCCC(=O)OCCCCCCCCCCCCCCCCCCCC/C=C\CCCCCCCCCCCCCCCCCCCC(=O)NC(CO)C(O)/C=C/CCCCCCCCCCCCCCCCCCCCC. The second-order valence-electron chi connectivity index (χ2n) is 27.7. The normalized spacial score (nSPS) is 12.6. The number of aliphatic hydroxyl groups is 2. The number of hydrogen-bond donors (Lipinski definition) is 3. The summed E-state index contributed by atoms with van der Waals surface area (Å²) in [5, 5.41) is 23.3. The molecule has 0 aliphatic rings. The highest BCUT2D eigenvalue weighted by Gasteiger charge is 2.18. The Kier molecular flexibility index (Phi) is 75.8. The third-order valence-corrected chi connectivity index (χ3v) is 18.9. The predicted molar refractivity (Wildman–Crippen MR) is 389 cm³/mol. The number of ether oxygens (including phenoxy) is 1. The topological polar surface area (TPSA) is 95.9 Å². The van der Waals surface area contributed by atoms with Gasteiger partial charge in [0, 0.05) is 12.8 Å². The Hall–Kier alpha value is -1.92. The largest absolute Gasteiger partial charge is 0.466 e. The Bertz CT molecular complexity index is 1430. The number of nitrogens with one attached hydrogen (secondary N) is 1. The predicted octanol–water partition coefficient (Wildman–Crippen LogP) is 26.6. The highest BCUT2D eigenvalue weighted by molar-refractivity contribution is 5.76. The molecule has 0 saturated carbocycles. The third kappa shape index (κ3) is 73.1. The maximum absolute atomic E-state index is 12.5. The summed E-state index contributed by atoms with van der Waals surface area (Å²) >= 11 is 0. The van der Waals surface area contributed by atoms with Gasteiger partial charge in [0.15, 0.2) is 0 Å². The number of carbonyl (C=O) groups excluding carboxylic acids is 2. The van der Waals surface area contributed by atoms with Crippen LogP contribution in [0.5, 0.6) is 0 Å². The van der Waals surface area contributed by atoms with Crippen molar-refractivity contribution in [2.75, 3.05) is 13.2 Å². The lowest BCUT2D eigenvalue weighted by Gasteiger charge is -2.20. The molecule has 0 aliphatic heterocycles. The first-order valence-electron chi connectivity index (χ1n) is 40.3. The fraction of sp³-hybridized carbons (Fsp3) is 0.902. The molecule has 2 unspecified atom stereocenters. The number of esters is 1. The molecular weight excluding hydrogens is 1080 g/mol. The van der Waals surface area contributed by atoms with E-state index in [4.69, 9.17) is 4.74 Å². The van der Waals surface area contributed by atoms with Crippen molar-refractivity contribution in [1.82, 2.24) is 5.32 Å². The summed E-state index contributed by atoms with van der Waals surface area (Å²) in [6.07, 6.45) is 101. The monoisotopic (exact) mass is 1240 g/mol. The Balaban J connectivity index is 3.35. The Morgan fingerprint density at radius 3 is 0.841 bits per heavy atom. The molecule has 0 aromatic rings. The van der Waals surface area contributed by atoms with Crippen LogP contribution in [0.3, 0.4) is 0 Å². The fourth-order valence-electron chi connectivity index (χ4n) is 12.7. The molecule has 0 spiro atoms. The van der Waals surface area contributed by atoms with Crippen molar-refractivity contribution >= 4 is 11.9 Å². The fourth-order valence-corrected chi connectivity index (χ4v) is 12.7. The molecule has 2 atom stereocenters. The van der Waals surface area contributed by atoms with Gasteiger partial charge in [0.1, 0.15) is 0 Å². The van der Waals surface area contributed by atoms with Crippen molar-refractivity contribution in [3.8, 4) is 0 Å². The van der Waals surface area contributed by atoms with Crippen molar-refractivity contribution < 1.29 is 24.5 Å². The quantitative estimate of drug-likeness (QED) is 0.0320. The van der Waals surface area contributed by atoms with Crippen LogP contribution in [0, 0.1) is 0 Å². The van der Waals surface area contributed by atoms with Gasteiger partial charge >= 0.3 is 5.97 Å². The van der Waals surface area contributed by atoms with Gasteiger partial charge < -0.3 is 20.3 Å². The van der Waals surface area contributed by atoms with Crippen LogP contribution in [-0.2, 0) is 14.3 Å². The lowest BCUT2D eigenvalue weighted by atomic mass is 10.0. The first-order chi connectivity index (χ1) is 43.5. The summed E-state index contributed by atoms with van der Waals surface area (Å²) < 4.78 is 5.47. The van der Waals surface area contributed by atoms with E-state index in [0.717, 1.165) is 44.9 Å². The van der Waals surface area contributed by atoms with Crippen LogP contribution >= 0.6 is 0 Å². The van der Waals surface area contributed by atoms with E-state index in [1.165, 1.54) is 379 Å². The lowest BCUT2D eigenvalue weighted by molar-refractivity contribution is -0.143.